The zero-order chi connectivity index (χ0) is 18.9. The van der Waals surface area contributed by atoms with E-state index in [0.29, 0.717) is 24.6 Å². The molecule has 0 unspecified atom stereocenters. The van der Waals surface area contributed by atoms with Crippen LogP contribution in [0, 0.1) is 5.92 Å². The summed E-state index contributed by atoms with van der Waals surface area (Å²) in [5.41, 5.74) is 6.29. The van der Waals surface area contributed by atoms with E-state index in [4.69, 9.17) is 10.5 Å². The van der Waals surface area contributed by atoms with Crippen molar-refractivity contribution in [2.75, 3.05) is 18.5 Å². The number of hydrogen-bond donors (Lipinski definition) is 3. The number of hydrogen-bond acceptors (Lipinski definition) is 5. The third-order valence-electron chi connectivity index (χ3n) is 3.77. The smallest absolute Gasteiger partial charge is 0.243 e. The van der Waals surface area contributed by atoms with Gasteiger partial charge in [-0.2, -0.15) is 0 Å². The van der Waals surface area contributed by atoms with E-state index in [1.54, 1.807) is 30.7 Å². The molecule has 1 atom stereocenters. The largest absolute Gasteiger partial charge is 0.490 e. The van der Waals surface area contributed by atoms with Gasteiger partial charge in [0.1, 0.15) is 12.4 Å². The SMILES string of the molecule is CC(C)[C@H](N)C(=O)NCC(=O)Nc1ccccc1OCCn1ccnc1. The van der Waals surface area contributed by atoms with E-state index in [2.05, 4.69) is 15.6 Å². The highest BCUT2D eigenvalue weighted by Crippen LogP contribution is 2.23. The molecule has 0 spiro atoms. The number of rotatable bonds is 9. The van der Waals surface area contributed by atoms with Crippen LogP contribution in [0.1, 0.15) is 13.8 Å². The summed E-state index contributed by atoms with van der Waals surface area (Å²) in [5, 5.41) is 5.28. The number of carbonyl (C=O) groups is 2. The summed E-state index contributed by atoms with van der Waals surface area (Å²) in [7, 11) is 0. The minimum absolute atomic E-state index is 0.00249. The lowest BCUT2D eigenvalue weighted by atomic mass is 10.1. The van der Waals surface area contributed by atoms with Crippen LogP contribution in [0.5, 0.6) is 5.75 Å². The number of benzene rings is 1. The molecular formula is C18H25N5O3. The van der Waals surface area contributed by atoms with Gasteiger partial charge >= 0.3 is 0 Å². The molecule has 1 aromatic heterocycles. The number of nitrogens with two attached hydrogens (primary N) is 1. The van der Waals surface area contributed by atoms with E-state index < -0.39 is 6.04 Å². The number of nitrogens with one attached hydrogen (secondary N) is 2. The van der Waals surface area contributed by atoms with Gasteiger partial charge in [-0.25, -0.2) is 4.98 Å². The summed E-state index contributed by atoms with van der Waals surface area (Å²) in [5.74, 6) is -0.131. The van der Waals surface area contributed by atoms with Crippen LogP contribution in [-0.2, 0) is 16.1 Å². The van der Waals surface area contributed by atoms with Gasteiger partial charge < -0.3 is 25.7 Å². The topological polar surface area (TPSA) is 111 Å². The van der Waals surface area contributed by atoms with Crippen molar-refractivity contribution in [2.24, 2.45) is 11.7 Å². The summed E-state index contributed by atoms with van der Waals surface area (Å²) < 4.78 is 7.63. The first-order valence-corrected chi connectivity index (χ1v) is 8.48. The third kappa shape index (κ3) is 5.89. The third-order valence-corrected chi connectivity index (χ3v) is 3.77. The van der Waals surface area contributed by atoms with Crippen LogP contribution >= 0.6 is 0 Å². The van der Waals surface area contributed by atoms with E-state index >= 15 is 0 Å². The van der Waals surface area contributed by atoms with Crippen LogP contribution in [0.25, 0.3) is 0 Å². The number of imidazole rings is 1. The van der Waals surface area contributed by atoms with Crippen molar-refractivity contribution in [2.45, 2.75) is 26.4 Å². The van der Waals surface area contributed by atoms with E-state index in [1.807, 2.05) is 30.7 Å². The summed E-state index contributed by atoms with van der Waals surface area (Å²) >= 11 is 0. The average molecular weight is 359 g/mol. The lowest BCUT2D eigenvalue weighted by Crippen LogP contribution is -2.46. The van der Waals surface area contributed by atoms with Crippen molar-refractivity contribution in [3.05, 3.63) is 43.0 Å². The lowest BCUT2D eigenvalue weighted by molar-refractivity contribution is -0.125. The molecule has 2 rings (SSSR count). The molecule has 4 N–H and O–H groups in total. The van der Waals surface area contributed by atoms with Gasteiger partial charge in [0.15, 0.2) is 0 Å². The zero-order valence-corrected chi connectivity index (χ0v) is 15.0. The lowest BCUT2D eigenvalue weighted by Gasteiger charge is -2.16. The Hall–Kier alpha value is -2.87. The second-order valence-corrected chi connectivity index (χ2v) is 6.18. The average Bonchev–Trinajstić information content (AvgIpc) is 3.13. The molecule has 0 aliphatic heterocycles. The zero-order valence-electron chi connectivity index (χ0n) is 15.0. The van der Waals surface area contributed by atoms with Gasteiger partial charge in [0.25, 0.3) is 0 Å². The molecule has 8 nitrogen and oxygen atoms in total. The number of aromatic nitrogens is 2. The fraction of sp³-hybridized carbons (Fsp3) is 0.389. The number of amides is 2. The van der Waals surface area contributed by atoms with Crippen LogP contribution < -0.4 is 21.1 Å². The van der Waals surface area contributed by atoms with Gasteiger partial charge in [0.05, 0.1) is 31.1 Å². The Morgan fingerprint density at radius 2 is 2.08 bits per heavy atom. The molecule has 8 heteroatoms. The van der Waals surface area contributed by atoms with Crippen LogP contribution in [0.4, 0.5) is 5.69 Å². The van der Waals surface area contributed by atoms with Gasteiger partial charge in [-0.3, -0.25) is 9.59 Å². The molecule has 0 aliphatic carbocycles. The van der Waals surface area contributed by atoms with Crippen LogP contribution in [0.15, 0.2) is 43.0 Å². The van der Waals surface area contributed by atoms with Crippen LogP contribution in [0.2, 0.25) is 0 Å². The number of nitrogens with zero attached hydrogens (tertiary/aromatic N) is 2. The second-order valence-electron chi connectivity index (χ2n) is 6.18. The van der Waals surface area contributed by atoms with E-state index in [-0.39, 0.29) is 24.3 Å². The van der Waals surface area contributed by atoms with Crippen LogP contribution in [-0.4, -0.2) is 40.6 Å². The molecule has 0 aliphatic rings. The summed E-state index contributed by atoms with van der Waals surface area (Å²) in [6.45, 7) is 4.63. The Balaban J connectivity index is 1.84. The van der Waals surface area contributed by atoms with Crippen molar-refractivity contribution < 1.29 is 14.3 Å². The van der Waals surface area contributed by atoms with E-state index in [9.17, 15) is 9.59 Å². The number of ether oxygens (including phenoxy) is 1. The Morgan fingerprint density at radius 1 is 1.31 bits per heavy atom. The molecule has 1 heterocycles. The van der Waals surface area contributed by atoms with Gasteiger partial charge in [-0.1, -0.05) is 26.0 Å². The molecule has 0 fully saturated rings. The van der Waals surface area contributed by atoms with Crippen molar-refractivity contribution in [1.29, 1.82) is 0 Å². The van der Waals surface area contributed by atoms with Crippen molar-refractivity contribution in [1.82, 2.24) is 14.9 Å². The van der Waals surface area contributed by atoms with Gasteiger partial charge in [-0.05, 0) is 18.1 Å². The van der Waals surface area contributed by atoms with Crippen molar-refractivity contribution >= 4 is 17.5 Å². The maximum atomic E-state index is 12.1. The summed E-state index contributed by atoms with van der Waals surface area (Å²) in [4.78, 5) is 27.9. The maximum absolute atomic E-state index is 12.1. The Labute approximate surface area is 152 Å². The Morgan fingerprint density at radius 3 is 2.77 bits per heavy atom. The molecule has 0 bridgehead atoms. The van der Waals surface area contributed by atoms with E-state index in [0.717, 1.165) is 0 Å². The molecule has 2 aromatic rings. The first-order chi connectivity index (χ1) is 12.5. The summed E-state index contributed by atoms with van der Waals surface area (Å²) in [6.07, 6.45) is 5.26. The molecule has 0 saturated heterocycles. The van der Waals surface area contributed by atoms with E-state index in [1.165, 1.54) is 0 Å². The highest BCUT2D eigenvalue weighted by atomic mass is 16.5. The molecule has 0 saturated carbocycles. The highest BCUT2D eigenvalue weighted by Gasteiger charge is 2.17. The number of anilines is 1. The molecule has 0 radical (unpaired) electrons. The fourth-order valence-electron chi connectivity index (χ4n) is 2.16. The summed E-state index contributed by atoms with van der Waals surface area (Å²) in [6, 6.07) is 6.50. The van der Waals surface area contributed by atoms with Gasteiger partial charge in [0, 0.05) is 12.4 Å². The number of carbonyl (C=O) groups excluding carboxylic acids is 2. The Bertz CT molecular complexity index is 715. The van der Waals surface area contributed by atoms with Gasteiger partial charge in [-0.15, -0.1) is 0 Å². The fourth-order valence-corrected chi connectivity index (χ4v) is 2.16. The van der Waals surface area contributed by atoms with Crippen molar-refractivity contribution in [3.63, 3.8) is 0 Å². The molecular weight excluding hydrogens is 334 g/mol. The van der Waals surface area contributed by atoms with Crippen LogP contribution in [0.3, 0.4) is 0 Å². The monoisotopic (exact) mass is 359 g/mol. The second kappa shape index (κ2) is 9.57. The molecule has 140 valence electrons. The normalized spacial score (nSPS) is 11.8. The molecule has 26 heavy (non-hydrogen) atoms. The number of para-hydroxylation sites is 2. The molecule has 1 aromatic carbocycles. The minimum Gasteiger partial charge on any atom is -0.490 e. The quantitative estimate of drug-likeness (QED) is 0.618. The maximum Gasteiger partial charge on any atom is 0.243 e. The highest BCUT2D eigenvalue weighted by molar-refractivity contribution is 5.96. The predicted molar refractivity (Wildman–Crippen MR) is 98.6 cm³/mol. The first kappa shape index (κ1) is 19.5. The Kier molecular flexibility index (Phi) is 7.16. The van der Waals surface area contributed by atoms with Crippen molar-refractivity contribution in [3.8, 4) is 5.75 Å². The predicted octanol–water partition coefficient (Wildman–Crippen LogP) is 1.00. The standard InChI is InChI=1S/C18H25N5O3/c1-13(2)17(19)18(25)21-11-16(24)22-14-5-3-4-6-15(14)26-10-9-23-8-7-20-12-23/h3-8,12-13,17H,9-11,19H2,1-2H3,(H,21,25)(H,22,24)/t17-/m0/s1. The van der Waals surface area contributed by atoms with Gasteiger partial charge in [0.2, 0.25) is 11.8 Å². The first-order valence-electron chi connectivity index (χ1n) is 8.48. The molecule has 2 amide bonds. The minimum atomic E-state index is -0.637.